The van der Waals surface area contributed by atoms with Gasteiger partial charge in [-0.2, -0.15) is 0 Å². The zero-order valence-corrected chi connectivity index (χ0v) is 40.8. The summed E-state index contributed by atoms with van der Waals surface area (Å²) >= 11 is 0. The van der Waals surface area contributed by atoms with Gasteiger partial charge in [-0.1, -0.05) is 166 Å². The van der Waals surface area contributed by atoms with Gasteiger partial charge in [-0.05, 0) is 109 Å². The topological polar surface area (TPSA) is 169 Å². The van der Waals surface area contributed by atoms with Crippen molar-refractivity contribution in [3.05, 3.63) is 146 Å². The number of carboxylic acids is 1. The van der Waals surface area contributed by atoms with Crippen LogP contribution in [0.15, 0.2) is 146 Å². The van der Waals surface area contributed by atoms with Gasteiger partial charge in [0.15, 0.2) is 6.04 Å². The van der Waals surface area contributed by atoms with Gasteiger partial charge in [-0.25, -0.2) is 9.36 Å². The van der Waals surface area contributed by atoms with Crippen LogP contribution in [0.2, 0.25) is 0 Å². The number of unbranched alkanes of at least 4 members (excludes halogenated alkanes) is 4. The van der Waals surface area contributed by atoms with Crippen molar-refractivity contribution in [2.24, 2.45) is 0 Å². The van der Waals surface area contributed by atoms with Crippen molar-refractivity contribution in [3.8, 4) is 0 Å². The molecule has 0 spiro atoms. The van der Waals surface area contributed by atoms with Crippen molar-refractivity contribution in [2.45, 2.75) is 154 Å². The second-order valence-electron chi connectivity index (χ2n) is 15.2. The average molecular weight is 936 g/mol. The quantitative estimate of drug-likeness (QED) is 0.0200. The number of aliphatic carboxylic acids is 1. The first-order valence-electron chi connectivity index (χ1n) is 23.9. The number of carbonyl (C=O) groups excluding carboxylic acids is 2. The van der Waals surface area contributed by atoms with Gasteiger partial charge in [0.25, 0.3) is 0 Å². The van der Waals surface area contributed by atoms with E-state index in [9.17, 15) is 34.1 Å². The van der Waals surface area contributed by atoms with Crippen LogP contribution in [0.5, 0.6) is 0 Å². The van der Waals surface area contributed by atoms with Gasteiger partial charge in [0, 0.05) is 12.8 Å². The number of aliphatic hydroxyl groups is 1. The maximum absolute atomic E-state index is 12.3. The number of esters is 1. The molecule has 0 fully saturated rings. The minimum Gasteiger partial charge on any atom is -0.480 e. The number of phosphoric ester groups is 1. The van der Waals surface area contributed by atoms with Crippen LogP contribution in [-0.4, -0.2) is 64.9 Å². The summed E-state index contributed by atoms with van der Waals surface area (Å²) < 4.78 is 26.8. The number of carboxylic acid groups (broad SMARTS) is 1. The molecule has 4 N–H and O–H groups in total. The SMILES string of the molecule is CC/C=C\C/C=C\C/C=C\C/C=C\C/C=C\C/C=C\C/C=C\CCCC(=O)NC(COP(=O)(O)OCC(O)COC(=O)CCCCC/C=C\C/C=C\C/C=C\C/C=C\C/C=C\CC)C(=O)O. The van der Waals surface area contributed by atoms with Gasteiger partial charge >= 0.3 is 19.8 Å². The van der Waals surface area contributed by atoms with Crippen LogP contribution in [0.4, 0.5) is 0 Å². The summed E-state index contributed by atoms with van der Waals surface area (Å²) in [6.07, 6.45) is 65.9. The lowest BCUT2D eigenvalue weighted by atomic mass is 10.1. The monoisotopic (exact) mass is 936 g/mol. The number of allylic oxidation sites excluding steroid dienone is 24. The summed E-state index contributed by atoms with van der Waals surface area (Å²) in [7, 11) is -4.80. The van der Waals surface area contributed by atoms with Crippen molar-refractivity contribution >= 4 is 25.7 Å². The summed E-state index contributed by atoms with van der Waals surface area (Å²) in [4.78, 5) is 46.0. The molecule has 0 bridgehead atoms. The number of hydrogen-bond acceptors (Lipinski definition) is 8. The summed E-state index contributed by atoms with van der Waals surface area (Å²) in [5, 5.41) is 21.8. The van der Waals surface area contributed by atoms with Gasteiger partial charge in [0.2, 0.25) is 5.91 Å². The highest BCUT2D eigenvalue weighted by Gasteiger charge is 2.28. The Hall–Kier alpha value is -4.64. The second-order valence-corrected chi connectivity index (χ2v) is 16.6. The first-order chi connectivity index (χ1) is 32.1. The fraction of sp³-hybridized carbons (Fsp3) is 0.500. The molecule has 3 atom stereocenters. The lowest BCUT2D eigenvalue weighted by Gasteiger charge is -2.18. The Morgan fingerprint density at radius 1 is 0.485 bits per heavy atom. The Kier molecular flexibility index (Phi) is 43.6. The lowest BCUT2D eigenvalue weighted by molar-refractivity contribution is -0.147. The first kappa shape index (κ1) is 61.4. The molecule has 0 radical (unpaired) electrons. The van der Waals surface area contributed by atoms with Crippen LogP contribution in [0, 0.1) is 0 Å². The molecule has 12 heteroatoms. The van der Waals surface area contributed by atoms with E-state index in [-0.39, 0.29) is 12.8 Å². The van der Waals surface area contributed by atoms with Crippen LogP contribution < -0.4 is 5.32 Å². The zero-order valence-electron chi connectivity index (χ0n) is 39.9. The van der Waals surface area contributed by atoms with Crippen molar-refractivity contribution in [2.75, 3.05) is 19.8 Å². The Balaban J connectivity index is 4.05. The maximum atomic E-state index is 12.3. The Bertz CT molecular complexity index is 1660. The van der Waals surface area contributed by atoms with E-state index < -0.39 is 57.6 Å². The van der Waals surface area contributed by atoms with Crippen LogP contribution in [-0.2, 0) is 32.7 Å². The molecule has 0 aliphatic carbocycles. The van der Waals surface area contributed by atoms with Crippen molar-refractivity contribution in [1.82, 2.24) is 5.32 Å². The Labute approximate surface area is 397 Å². The van der Waals surface area contributed by atoms with E-state index in [1.807, 2.05) is 12.2 Å². The predicted octanol–water partition coefficient (Wildman–Crippen LogP) is 13.1. The molecule has 0 saturated carbocycles. The number of carbonyl (C=O) groups is 3. The minimum absolute atomic E-state index is 0.0529. The number of rotatable bonds is 42. The van der Waals surface area contributed by atoms with Crippen LogP contribution >= 0.6 is 7.82 Å². The molecule has 368 valence electrons. The Morgan fingerprint density at radius 2 is 0.848 bits per heavy atom. The molecule has 0 heterocycles. The van der Waals surface area contributed by atoms with Gasteiger partial charge in [-0.15, -0.1) is 0 Å². The number of nitrogens with one attached hydrogen (secondary N) is 1. The third-order valence-electron chi connectivity index (χ3n) is 9.12. The van der Waals surface area contributed by atoms with Gasteiger partial charge in [0.1, 0.15) is 12.7 Å². The van der Waals surface area contributed by atoms with E-state index >= 15 is 0 Å². The zero-order chi connectivity index (χ0) is 48.4. The molecule has 3 unspecified atom stereocenters. The largest absolute Gasteiger partial charge is 0.480 e. The second kappa shape index (κ2) is 46.9. The van der Waals surface area contributed by atoms with Crippen LogP contribution in [0.25, 0.3) is 0 Å². The summed E-state index contributed by atoms with van der Waals surface area (Å²) in [6.45, 7) is 2.27. The number of hydrogen-bond donors (Lipinski definition) is 4. The number of amides is 1. The molecule has 0 aromatic heterocycles. The standard InChI is InChI=1S/C54H82NO10P/c1-3-5-7-9-11-13-15-17-19-21-23-24-25-26-28-29-31-33-35-37-39-41-43-45-52(57)55-51(54(59)60)49-65-66(61,62)64-48-50(56)47-63-53(58)46-44-42-40-38-36-34-32-30-27-22-20-18-16-14-12-10-8-6-4-2/h5-8,11-14,17-20,23-24,26-28,30-31,33-34,36-37,39,50-51,56H,3-4,9-10,15-16,21-22,25,29,32,35,38,40-49H2,1-2H3,(H,55,57)(H,59,60)(H,61,62)/b7-5-,8-6-,13-11-,14-12-,19-17-,20-18-,24-23-,28-26-,30-27-,33-31-,36-34-,39-37-. The normalized spacial score (nSPS) is 14.8. The third kappa shape index (κ3) is 45.9. The molecule has 0 aromatic rings. The average Bonchev–Trinajstić information content (AvgIpc) is 3.29. The number of phosphoric acid groups is 1. The summed E-state index contributed by atoms with van der Waals surface area (Å²) in [6, 6.07) is -1.59. The van der Waals surface area contributed by atoms with E-state index in [1.165, 1.54) is 0 Å². The Morgan fingerprint density at radius 3 is 1.24 bits per heavy atom. The van der Waals surface area contributed by atoms with E-state index in [0.717, 1.165) is 96.3 Å². The van der Waals surface area contributed by atoms with Crippen LogP contribution in [0.1, 0.15) is 142 Å². The third-order valence-corrected chi connectivity index (χ3v) is 10.1. The smallest absolute Gasteiger partial charge is 0.472 e. The molecule has 0 aromatic carbocycles. The molecule has 0 rings (SSSR count). The highest BCUT2D eigenvalue weighted by atomic mass is 31.2. The molecule has 0 aliphatic rings. The van der Waals surface area contributed by atoms with Crippen LogP contribution in [0.3, 0.4) is 0 Å². The van der Waals surface area contributed by atoms with E-state index in [1.54, 1.807) is 0 Å². The van der Waals surface area contributed by atoms with Crippen molar-refractivity contribution in [3.63, 3.8) is 0 Å². The molecule has 11 nitrogen and oxygen atoms in total. The molecular formula is C54H82NO10P. The molecule has 0 saturated heterocycles. The fourth-order valence-electron chi connectivity index (χ4n) is 5.50. The highest BCUT2D eigenvalue weighted by Crippen LogP contribution is 2.43. The first-order valence-corrected chi connectivity index (χ1v) is 25.4. The maximum Gasteiger partial charge on any atom is 0.472 e. The van der Waals surface area contributed by atoms with Gasteiger partial charge in [0.05, 0.1) is 13.2 Å². The lowest BCUT2D eigenvalue weighted by Crippen LogP contribution is -2.43. The van der Waals surface area contributed by atoms with E-state index in [4.69, 9.17) is 13.8 Å². The predicted molar refractivity (Wildman–Crippen MR) is 272 cm³/mol. The highest BCUT2D eigenvalue weighted by molar-refractivity contribution is 7.47. The van der Waals surface area contributed by atoms with E-state index in [0.29, 0.717) is 19.3 Å². The summed E-state index contributed by atoms with van der Waals surface area (Å²) in [5.74, 6) is -2.52. The number of aliphatic hydroxyl groups excluding tert-OH is 1. The van der Waals surface area contributed by atoms with Crippen molar-refractivity contribution in [1.29, 1.82) is 0 Å². The van der Waals surface area contributed by atoms with Gasteiger partial charge < -0.3 is 25.2 Å². The van der Waals surface area contributed by atoms with Crippen molar-refractivity contribution < 1.29 is 47.8 Å². The molecule has 66 heavy (non-hydrogen) atoms. The van der Waals surface area contributed by atoms with E-state index in [2.05, 4.69) is 153 Å². The number of ether oxygens (including phenoxy) is 1. The molecule has 0 aliphatic heterocycles. The summed E-state index contributed by atoms with van der Waals surface area (Å²) in [5.41, 5.74) is 0. The van der Waals surface area contributed by atoms with Gasteiger partial charge in [-0.3, -0.25) is 18.6 Å². The molecular weight excluding hydrogens is 854 g/mol. The molecule has 1 amide bonds. The minimum atomic E-state index is -4.80. The fourth-order valence-corrected chi connectivity index (χ4v) is 6.28.